The molecule has 3 aliphatic rings. The molecule has 0 aromatic heterocycles. The maximum atomic E-state index is 4.42. The Kier molecular flexibility index (Phi) is 1.33. The van der Waals surface area contributed by atoms with Gasteiger partial charge in [0.05, 0.1) is 5.71 Å². The minimum Gasteiger partial charge on any atom is -0.268 e. The van der Waals surface area contributed by atoms with E-state index in [1.165, 1.54) is 0 Å². The molecular formula is C10H8N4. The summed E-state index contributed by atoms with van der Waals surface area (Å²) in [5.41, 5.74) is 4.25. The Bertz CT molecular complexity index is 451. The Morgan fingerprint density at radius 2 is 2.29 bits per heavy atom. The number of aliphatic imine (C=N–C) groups is 2. The fourth-order valence-corrected chi connectivity index (χ4v) is 1.77. The molecule has 0 amide bonds. The van der Waals surface area contributed by atoms with Crippen molar-refractivity contribution in [1.82, 2.24) is 5.43 Å². The zero-order valence-electron chi connectivity index (χ0n) is 7.38. The van der Waals surface area contributed by atoms with Crippen molar-refractivity contribution in [2.75, 3.05) is 0 Å². The van der Waals surface area contributed by atoms with Crippen LogP contribution in [-0.2, 0) is 0 Å². The SMILES string of the molecule is C1=CC2=NNC=NC23C=NC=CC3=C1. The molecule has 68 valence electrons. The maximum Gasteiger partial charge on any atom is 0.166 e. The van der Waals surface area contributed by atoms with Gasteiger partial charge in [0.15, 0.2) is 5.54 Å². The average molecular weight is 184 g/mol. The topological polar surface area (TPSA) is 49.1 Å². The normalized spacial score (nSPS) is 31.4. The van der Waals surface area contributed by atoms with Gasteiger partial charge in [0.1, 0.15) is 6.34 Å². The summed E-state index contributed by atoms with van der Waals surface area (Å²) >= 11 is 0. The lowest BCUT2D eigenvalue weighted by molar-refractivity contribution is 0.834. The molecule has 2 aliphatic heterocycles. The van der Waals surface area contributed by atoms with Crippen molar-refractivity contribution < 1.29 is 0 Å². The molecule has 0 fully saturated rings. The van der Waals surface area contributed by atoms with Crippen molar-refractivity contribution in [2.45, 2.75) is 5.54 Å². The van der Waals surface area contributed by atoms with Gasteiger partial charge < -0.3 is 0 Å². The number of nitrogens with one attached hydrogen (secondary N) is 1. The number of hydrogen-bond acceptors (Lipinski definition) is 4. The van der Waals surface area contributed by atoms with Crippen LogP contribution >= 0.6 is 0 Å². The molecular weight excluding hydrogens is 176 g/mol. The Hall–Kier alpha value is -1.97. The molecule has 0 saturated carbocycles. The van der Waals surface area contributed by atoms with Gasteiger partial charge in [-0.1, -0.05) is 12.2 Å². The molecule has 1 unspecified atom stereocenters. The van der Waals surface area contributed by atoms with Crippen molar-refractivity contribution in [3.63, 3.8) is 0 Å². The first-order valence-corrected chi connectivity index (χ1v) is 4.39. The largest absolute Gasteiger partial charge is 0.268 e. The van der Waals surface area contributed by atoms with Gasteiger partial charge in [0.25, 0.3) is 0 Å². The Labute approximate surface area is 81.1 Å². The van der Waals surface area contributed by atoms with Gasteiger partial charge in [0, 0.05) is 12.4 Å². The standard InChI is InChI=1S/C10H8N4/c1-2-8-4-5-11-6-10(8)9(3-1)14-13-7-12-10/h1-7H,(H,12,13). The molecule has 14 heavy (non-hydrogen) atoms. The van der Waals surface area contributed by atoms with Gasteiger partial charge in [-0.3, -0.25) is 15.4 Å². The number of rotatable bonds is 0. The van der Waals surface area contributed by atoms with E-state index in [-0.39, 0.29) is 0 Å². The van der Waals surface area contributed by atoms with Crippen LogP contribution in [-0.4, -0.2) is 23.8 Å². The van der Waals surface area contributed by atoms with Gasteiger partial charge in [-0.25, -0.2) is 0 Å². The van der Waals surface area contributed by atoms with Gasteiger partial charge >= 0.3 is 0 Å². The van der Waals surface area contributed by atoms with Crippen LogP contribution in [0.5, 0.6) is 0 Å². The first kappa shape index (κ1) is 7.44. The van der Waals surface area contributed by atoms with Crippen LogP contribution < -0.4 is 5.43 Å². The second kappa shape index (κ2) is 2.51. The zero-order valence-corrected chi connectivity index (χ0v) is 7.38. The zero-order chi connectivity index (χ0) is 9.43. The highest BCUT2D eigenvalue weighted by molar-refractivity contribution is 6.20. The molecule has 3 rings (SSSR count). The van der Waals surface area contributed by atoms with Crippen molar-refractivity contribution in [2.24, 2.45) is 15.1 Å². The summed E-state index contributed by atoms with van der Waals surface area (Å²) in [6.07, 6.45) is 13.1. The summed E-state index contributed by atoms with van der Waals surface area (Å²) in [6.45, 7) is 0. The minimum atomic E-state index is -0.477. The molecule has 1 aliphatic carbocycles. The second-order valence-electron chi connectivity index (χ2n) is 3.23. The monoisotopic (exact) mass is 184 g/mol. The summed E-state index contributed by atoms with van der Waals surface area (Å²) in [5.74, 6) is 0. The smallest absolute Gasteiger partial charge is 0.166 e. The third-order valence-electron chi connectivity index (χ3n) is 2.47. The molecule has 0 saturated heterocycles. The van der Waals surface area contributed by atoms with E-state index in [1.807, 2.05) is 30.5 Å². The fourth-order valence-electron chi connectivity index (χ4n) is 1.77. The number of allylic oxidation sites excluding steroid dienone is 2. The molecule has 0 aromatic rings. The highest BCUT2D eigenvalue weighted by Gasteiger charge is 2.39. The molecule has 1 atom stereocenters. The third-order valence-corrected chi connectivity index (χ3v) is 2.47. The highest BCUT2D eigenvalue weighted by atomic mass is 15.3. The average Bonchev–Trinajstić information content (AvgIpc) is 2.26. The summed E-state index contributed by atoms with van der Waals surface area (Å²) in [4.78, 5) is 8.55. The Morgan fingerprint density at radius 3 is 3.29 bits per heavy atom. The van der Waals surface area contributed by atoms with Crippen LogP contribution in [0.1, 0.15) is 0 Å². The fraction of sp³-hybridized carbons (Fsp3) is 0.100. The van der Waals surface area contributed by atoms with Crippen LogP contribution in [0.4, 0.5) is 0 Å². The molecule has 4 heteroatoms. The predicted molar refractivity (Wildman–Crippen MR) is 56.6 cm³/mol. The molecule has 0 aromatic carbocycles. The molecule has 4 nitrogen and oxygen atoms in total. The maximum absolute atomic E-state index is 4.42. The summed E-state index contributed by atoms with van der Waals surface area (Å²) < 4.78 is 0. The summed E-state index contributed by atoms with van der Waals surface area (Å²) in [6, 6.07) is 0. The van der Waals surface area contributed by atoms with Crippen LogP contribution in [0.2, 0.25) is 0 Å². The first-order chi connectivity index (χ1) is 6.92. The molecule has 1 N–H and O–H groups in total. The Morgan fingerprint density at radius 1 is 1.29 bits per heavy atom. The summed E-state index contributed by atoms with van der Waals surface area (Å²) in [5, 5.41) is 4.19. The number of hydrazone groups is 1. The van der Waals surface area contributed by atoms with Crippen molar-refractivity contribution in [3.05, 3.63) is 36.1 Å². The van der Waals surface area contributed by atoms with E-state index in [4.69, 9.17) is 0 Å². The van der Waals surface area contributed by atoms with E-state index in [9.17, 15) is 0 Å². The van der Waals surface area contributed by atoms with Gasteiger partial charge in [-0.05, 0) is 17.7 Å². The van der Waals surface area contributed by atoms with Gasteiger partial charge in [-0.15, -0.1) is 0 Å². The van der Waals surface area contributed by atoms with E-state index in [0.717, 1.165) is 11.3 Å². The Balaban J connectivity index is 2.24. The quantitative estimate of drug-likeness (QED) is 0.595. The minimum absolute atomic E-state index is 0.477. The van der Waals surface area contributed by atoms with Gasteiger partial charge in [0.2, 0.25) is 0 Å². The van der Waals surface area contributed by atoms with Crippen LogP contribution in [0, 0.1) is 0 Å². The molecule has 0 bridgehead atoms. The molecule has 2 heterocycles. The molecule has 1 spiro atoms. The van der Waals surface area contributed by atoms with Crippen LogP contribution in [0.3, 0.4) is 0 Å². The lowest BCUT2D eigenvalue weighted by Gasteiger charge is -2.32. The third kappa shape index (κ3) is 0.797. The van der Waals surface area contributed by atoms with Crippen LogP contribution in [0.25, 0.3) is 0 Å². The van der Waals surface area contributed by atoms with Crippen molar-refractivity contribution in [3.8, 4) is 0 Å². The lowest BCUT2D eigenvalue weighted by atomic mass is 9.81. The van der Waals surface area contributed by atoms with Gasteiger partial charge in [-0.2, -0.15) is 5.10 Å². The summed E-state index contributed by atoms with van der Waals surface area (Å²) in [7, 11) is 0. The van der Waals surface area contributed by atoms with E-state index in [1.54, 1.807) is 12.5 Å². The van der Waals surface area contributed by atoms with Crippen LogP contribution in [0.15, 0.2) is 51.2 Å². The van der Waals surface area contributed by atoms with E-state index >= 15 is 0 Å². The van der Waals surface area contributed by atoms with E-state index < -0.39 is 5.54 Å². The number of hydrogen-bond donors (Lipinski definition) is 1. The van der Waals surface area contributed by atoms with E-state index in [0.29, 0.717) is 0 Å². The predicted octanol–water partition coefficient (Wildman–Crippen LogP) is 0.807. The molecule has 0 radical (unpaired) electrons. The van der Waals surface area contributed by atoms with E-state index in [2.05, 4.69) is 20.5 Å². The second-order valence-corrected chi connectivity index (χ2v) is 3.23. The highest BCUT2D eigenvalue weighted by Crippen LogP contribution is 2.30. The van der Waals surface area contributed by atoms with Crippen molar-refractivity contribution in [1.29, 1.82) is 0 Å². The first-order valence-electron chi connectivity index (χ1n) is 4.39. The lowest BCUT2D eigenvalue weighted by Crippen LogP contribution is -2.45. The van der Waals surface area contributed by atoms with Crippen molar-refractivity contribution >= 4 is 18.3 Å². The number of nitrogens with zero attached hydrogens (tertiary/aromatic N) is 3.